The summed E-state index contributed by atoms with van der Waals surface area (Å²) in [5.74, 6) is 0.988. The number of hydrogen-bond donors (Lipinski definition) is 1. The van der Waals surface area contributed by atoms with Gasteiger partial charge in [-0.1, -0.05) is 26.0 Å². The van der Waals surface area contributed by atoms with Gasteiger partial charge in [0, 0.05) is 19.1 Å². The van der Waals surface area contributed by atoms with Crippen LogP contribution in [0.15, 0.2) is 24.3 Å². The third kappa shape index (κ3) is 4.50. The molecular formula is C17H28N2O. The van der Waals surface area contributed by atoms with Crippen molar-refractivity contribution in [2.75, 3.05) is 26.2 Å². The van der Waals surface area contributed by atoms with Gasteiger partial charge in [-0.15, -0.1) is 0 Å². The molecule has 0 bridgehead atoms. The molecule has 2 rings (SSSR count). The highest BCUT2D eigenvalue weighted by atomic mass is 16.5. The molecule has 0 radical (unpaired) electrons. The summed E-state index contributed by atoms with van der Waals surface area (Å²) < 4.78 is 5.67. The lowest BCUT2D eigenvalue weighted by molar-refractivity contribution is 0.260. The molecular weight excluding hydrogens is 248 g/mol. The summed E-state index contributed by atoms with van der Waals surface area (Å²) in [5, 5.41) is 3.59. The second-order valence-corrected chi connectivity index (χ2v) is 5.55. The number of nitrogens with zero attached hydrogens (tertiary/aromatic N) is 1. The number of rotatable bonds is 8. The van der Waals surface area contributed by atoms with Crippen LogP contribution in [0, 0.1) is 0 Å². The molecule has 1 fully saturated rings. The van der Waals surface area contributed by atoms with E-state index in [1.54, 1.807) is 0 Å². The molecule has 112 valence electrons. The molecule has 0 amide bonds. The molecule has 0 saturated carbocycles. The molecule has 1 saturated heterocycles. The molecule has 0 aromatic heterocycles. The van der Waals surface area contributed by atoms with E-state index in [4.69, 9.17) is 4.74 Å². The van der Waals surface area contributed by atoms with Crippen molar-refractivity contribution < 1.29 is 4.74 Å². The Morgan fingerprint density at radius 3 is 3.05 bits per heavy atom. The maximum absolute atomic E-state index is 5.67. The highest BCUT2D eigenvalue weighted by Gasteiger charge is 2.21. The molecule has 3 nitrogen and oxygen atoms in total. The zero-order chi connectivity index (χ0) is 14.2. The van der Waals surface area contributed by atoms with Crippen LogP contribution in [0.4, 0.5) is 0 Å². The van der Waals surface area contributed by atoms with E-state index in [2.05, 4.69) is 42.3 Å². The largest absolute Gasteiger partial charge is 0.494 e. The summed E-state index contributed by atoms with van der Waals surface area (Å²) in [5.41, 5.74) is 1.31. The zero-order valence-electron chi connectivity index (χ0n) is 12.9. The minimum atomic E-state index is 0.722. The Morgan fingerprint density at radius 1 is 1.35 bits per heavy atom. The van der Waals surface area contributed by atoms with Gasteiger partial charge in [0.05, 0.1) is 6.61 Å². The average Bonchev–Trinajstić information content (AvgIpc) is 2.93. The minimum absolute atomic E-state index is 0.722. The van der Waals surface area contributed by atoms with Crippen LogP contribution in [-0.2, 0) is 6.54 Å². The Balaban J connectivity index is 1.76. The standard InChI is InChI=1S/C17H28N2O/c1-3-11-20-17-9-5-7-15(12-17)13-18-14-16-8-6-10-19(16)4-2/h5,7,9,12,16,18H,3-4,6,8,10-11,13-14H2,1-2H3/t16-/m0/s1. The Hall–Kier alpha value is -1.06. The highest BCUT2D eigenvalue weighted by Crippen LogP contribution is 2.16. The number of hydrogen-bond acceptors (Lipinski definition) is 3. The van der Waals surface area contributed by atoms with Crippen LogP contribution in [0.25, 0.3) is 0 Å². The number of likely N-dealkylation sites (tertiary alicyclic amines) is 1. The van der Waals surface area contributed by atoms with Crippen LogP contribution in [-0.4, -0.2) is 37.2 Å². The van der Waals surface area contributed by atoms with Crippen molar-refractivity contribution in [3.8, 4) is 5.75 Å². The third-order valence-corrected chi connectivity index (χ3v) is 3.99. The second kappa shape index (κ2) is 8.28. The first-order valence-electron chi connectivity index (χ1n) is 8.00. The van der Waals surface area contributed by atoms with Crippen LogP contribution >= 0.6 is 0 Å². The van der Waals surface area contributed by atoms with Crippen LogP contribution in [0.1, 0.15) is 38.7 Å². The Kier molecular flexibility index (Phi) is 6.34. The van der Waals surface area contributed by atoms with Crippen molar-refractivity contribution in [2.24, 2.45) is 0 Å². The van der Waals surface area contributed by atoms with E-state index in [1.807, 2.05) is 6.07 Å². The Morgan fingerprint density at radius 2 is 2.25 bits per heavy atom. The van der Waals surface area contributed by atoms with Gasteiger partial charge < -0.3 is 10.1 Å². The van der Waals surface area contributed by atoms with Gasteiger partial charge in [0.15, 0.2) is 0 Å². The Bertz CT molecular complexity index is 394. The van der Waals surface area contributed by atoms with Gasteiger partial charge in [0.25, 0.3) is 0 Å². The molecule has 1 aromatic carbocycles. The van der Waals surface area contributed by atoms with E-state index in [1.165, 1.54) is 31.5 Å². The summed E-state index contributed by atoms with van der Waals surface area (Å²) in [6, 6.07) is 9.15. The van der Waals surface area contributed by atoms with Crippen LogP contribution in [0.5, 0.6) is 5.75 Å². The van der Waals surface area contributed by atoms with E-state index >= 15 is 0 Å². The molecule has 20 heavy (non-hydrogen) atoms. The van der Waals surface area contributed by atoms with Crippen LogP contribution < -0.4 is 10.1 Å². The molecule has 1 aliphatic rings. The van der Waals surface area contributed by atoms with Gasteiger partial charge in [-0.2, -0.15) is 0 Å². The number of benzene rings is 1. The second-order valence-electron chi connectivity index (χ2n) is 5.55. The topological polar surface area (TPSA) is 24.5 Å². The van der Waals surface area contributed by atoms with E-state index in [9.17, 15) is 0 Å². The number of likely N-dealkylation sites (N-methyl/N-ethyl adjacent to an activating group) is 1. The maximum atomic E-state index is 5.67. The molecule has 0 aliphatic carbocycles. The van der Waals surface area contributed by atoms with Crippen molar-refractivity contribution in [1.29, 1.82) is 0 Å². The normalized spacial score (nSPS) is 19.4. The summed E-state index contributed by atoms with van der Waals surface area (Å²) >= 11 is 0. The molecule has 0 spiro atoms. The first-order valence-corrected chi connectivity index (χ1v) is 8.00. The zero-order valence-corrected chi connectivity index (χ0v) is 12.9. The van der Waals surface area contributed by atoms with Crippen molar-refractivity contribution >= 4 is 0 Å². The van der Waals surface area contributed by atoms with Crippen molar-refractivity contribution in [3.63, 3.8) is 0 Å². The quantitative estimate of drug-likeness (QED) is 0.790. The maximum Gasteiger partial charge on any atom is 0.119 e. The Labute approximate surface area is 123 Å². The van der Waals surface area contributed by atoms with Crippen LogP contribution in [0.3, 0.4) is 0 Å². The lowest BCUT2D eigenvalue weighted by atomic mass is 10.2. The predicted molar refractivity (Wildman–Crippen MR) is 84.2 cm³/mol. The molecule has 1 N–H and O–H groups in total. The van der Waals surface area contributed by atoms with Crippen molar-refractivity contribution in [1.82, 2.24) is 10.2 Å². The molecule has 1 aliphatic heterocycles. The summed E-state index contributed by atoms with van der Waals surface area (Å²) in [4.78, 5) is 2.58. The fourth-order valence-electron chi connectivity index (χ4n) is 2.89. The van der Waals surface area contributed by atoms with Crippen molar-refractivity contribution in [3.05, 3.63) is 29.8 Å². The van der Waals surface area contributed by atoms with E-state index < -0.39 is 0 Å². The number of ether oxygens (including phenoxy) is 1. The predicted octanol–water partition coefficient (Wildman–Crippen LogP) is 3.05. The van der Waals surface area contributed by atoms with E-state index in [0.717, 1.165) is 37.9 Å². The molecule has 3 heteroatoms. The lowest BCUT2D eigenvalue weighted by Gasteiger charge is -2.23. The van der Waals surface area contributed by atoms with Gasteiger partial charge in [0.2, 0.25) is 0 Å². The van der Waals surface area contributed by atoms with Gasteiger partial charge in [-0.25, -0.2) is 0 Å². The highest BCUT2D eigenvalue weighted by molar-refractivity contribution is 5.28. The SMILES string of the molecule is CCCOc1cccc(CNC[C@@H]2CCCN2CC)c1. The van der Waals surface area contributed by atoms with E-state index in [0.29, 0.717) is 0 Å². The van der Waals surface area contributed by atoms with E-state index in [-0.39, 0.29) is 0 Å². The minimum Gasteiger partial charge on any atom is -0.494 e. The first-order chi connectivity index (χ1) is 9.83. The van der Waals surface area contributed by atoms with Crippen LogP contribution in [0.2, 0.25) is 0 Å². The lowest BCUT2D eigenvalue weighted by Crippen LogP contribution is -2.37. The summed E-state index contributed by atoms with van der Waals surface area (Å²) in [6.07, 6.45) is 3.73. The molecule has 1 atom stereocenters. The average molecular weight is 276 g/mol. The van der Waals surface area contributed by atoms with Crippen molar-refractivity contribution in [2.45, 2.75) is 45.7 Å². The molecule has 1 heterocycles. The number of nitrogens with one attached hydrogen (secondary N) is 1. The van der Waals surface area contributed by atoms with Gasteiger partial charge >= 0.3 is 0 Å². The summed E-state index contributed by atoms with van der Waals surface area (Å²) in [6.45, 7) is 9.64. The third-order valence-electron chi connectivity index (χ3n) is 3.99. The molecule has 0 unspecified atom stereocenters. The van der Waals surface area contributed by atoms with Gasteiger partial charge in [0.1, 0.15) is 5.75 Å². The van der Waals surface area contributed by atoms with Gasteiger partial charge in [-0.05, 0) is 50.0 Å². The fraction of sp³-hybridized carbons (Fsp3) is 0.647. The molecule has 1 aromatic rings. The monoisotopic (exact) mass is 276 g/mol. The summed E-state index contributed by atoms with van der Waals surface area (Å²) in [7, 11) is 0. The smallest absolute Gasteiger partial charge is 0.119 e. The fourth-order valence-corrected chi connectivity index (χ4v) is 2.89. The first kappa shape index (κ1) is 15.3. The van der Waals surface area contributed by atoms with Gasteiger partial charge in [-0.3, -0.25) is 4.90 Å².